The van der Waals surface area contributed by atoms with E-state index >= 15 is 0 Å². The summed E-state index contributed by atoms with van der Waals surface area (Å²) >= 11 is 6.16. The third-order valence-electron chi connectivity index (χ3n) is 3.73. The van der Waals surface area contributed by atoms with Crippen LogP contribution in [0, 0.1) is 0 Å². The lowest BCUT2D eigenvalue weighted by molar-refractivity contribution is -0.123. The number of benzene rings is 1. The summed E-state index contributed by atoms with van der Waals surface area (Å²) < 4.78 is 26.2. The molecule has 1 aliphatic rings. The van der Waals surface area contributed by atoms with E-state index in [2.05, 4.69) is 10.6 Å². The standard InChI is InChI=1S/C15H19ClF2N2O/c1-14(2,10-5-3-4-6-11(10)16)8-20-13(21)12-7-15(17,18)9-19-12/h3-6,12,19H,7-9H2,1-2H3,(H,20,21). The van der Waals surface area contributed by atoms with Crippen molar-refractivity contribution in [2.45, 2.75) is 37.6 Å². The smallest absolute Gasteiger partial charge is 0.262 e. The van der Waals surface area contributed by atoms with Gasteiger partial charge in [-0.25, -0.2) is 8.78 Å². The first-order valence-corrected chi connectivity index (χ1v) is 7.23. The van der Waals surface area contributed by atoms with Gasteiger partial charge in [-0.1, -0.05) is 43.6 Å². The Labute approximate surface area is 128 Å². The minimum Gasteiger partial charge on any atom is -0.354 e. The number of carbonyl (C=O) groups is 1. The summed E-state index contributed by atoms with van der Waals surface area (Å²) in [4.78, 5) is 12.0. The van der Waals surface area contributed by atoms with Crippen molar-refractivity contribution in [3.8, 4) is 0 Å². The molecule has 116 valence electrons. The van der Waals surface area contributed by atoms with Gasteiger partial charge < -0.3 is 5.32 Å². The number of alkyl halides is 2. The Bertz CT molecular complexity index is 534. The zero-order valence-electron chi connectivity index (χ0n) is 12.1. The van der Waals surface area contributed by atoms with Gasteiger partial charge >= 0.3 is 0 Å². The Morgan fingerprint density at radius 2 is 2.14 bits per heavy atom. The molecule has 1 aromatic rings. The maximum Gasteiger partial charge on any atom is 0.262 e. The fourth-order valence-corrected chi connectivity index (χ4v) is 2.83. The van der Waals surface area contributed by atoms with Gasteiger partial charge in [0.2, 0.25) is 5.91 Å². The molecule has 0 bridgehead atoms. The van der Waals surface area contributed by atoms with Crippen LogP contribution in [0.5, 0.6) is 0 Å². The number of carbonyl (C=O) groups excluding carboxylic acids is 1. The lowest BCUT2D eigenvalue weighted by Crippen LogP contribution is -2.45. The fraction of sp³-hybridized carbons (Fsp3) is 0.533. The van der Waals surface area contributed by atoms with Gasteiger partial charge in [-0.05, 0) is 11.6 Å². The van der Waals surface area contributed by atoms with Gasteiger partial charge in [0.25, 0.3) is 5.92 Å². The van der Waals surface area contributed by atoms with Gasteiger partial charge in [0.1, 0.15) is 0 Å². The van der Waals surface area contributed by atoms with E-state index in [9.17, 15) is 13.6 Å². The minimum absolute atomic E-state index is 0.333. The topological polar surface area (TPSA) is 41.1 Å². The lowest BCUT2D eigenvalue weighted by Gasteiger charge is -2.27. The first-order chi connectivity index (χ1) is 9.71. The van der Waals surface area contributed by atoms with Crippen LogP contribution in [0.25, 0.3) is 0 Å². The molecule has 0 spiro atoms. The molecule has 1 saturated heterocycles. The molecule has 1 amide bonds. The SMILES string of the molecule is CC(C)(CNC(=O)C1CC(F)(F)CN1)c1ccccc1Cl. The minimum atomic E-state index is -2.81. The van der Waals surface area contributed by atoms with E-state index in [0.717, 1.165) is 5.56 Å². The van der Waals surface area contributed by atoms with Gasteiger partial charge in [-0.2, -0.15) is 0 Å². The summed E-state index contributed by atoms with van der Waals surface area (Å²) in [5, 5.41) is 5.91. The van der Waals surface area contributed by atoms with Crippen LogP contribution in [-0.4, -0.2) is 31.0 Å². The van der Waals surface area contributed by atoms with E-state index in [-0.39, 0.29) is 5.41 Å². The number of hydrogen-bond acceptors (Lipinski definition) is 2. The van der Waals surface area contributed by atoms with Crippen molar-refractivity contribution in [1.82, 2.24) is 10.6 Å². The highest BCUT2D eigenvalue weighted by Crippen LogP contribution is 2.29. The average Bonchev–Trinajstić information content (AvgIpc) is 2.77. The summed E-state index contributed by atoms with van der Waals surface area (Å²) in [5.41, 5.74) is 0.534. The Morgan fingerprint density at radius 3 is 2.71 bits per heavy atom. The van der Waals surface area contributed by atoms with E-state index in [4.69, 9.17) is 11.6 Å². The van der Waals surface area contributed by atoms with E-state index in [1.807, 2.05) is 32.0 Å². The molecule has 0 radical (unpaired) electrons. The summed E-state index contributed by atoms with van der Waals surface area (Å²) in [6.45, 7) is 3.79. The molecule has 1 atom stereocenters. The van der Waals surface area contributed by atoms with Crippen molar-refractivity contribution >= 4 is 17.5 Å². The molecular formula is C15H19ClF2N2O. The van der Waals surface area contributed by atoms with Crippen LogP contribution in [-0.2, 0) is 10.2 Å². The van der Waals surface area contributed by atoms with Crippen LogP contribution in [0.3, 0.4) is 0 Å². The van der Waals surface area contributed by atoms with Gasteiger partial charge in [0.15, 0.2) is 0 Å². The maximum atomic E-state index is 13.1. The second kappa shape index (κ2) is 5.89. The molecule has 3 nitrogen and oxygen atoms in total. The van der Waals surface area contributed by atoms with E-state index < -0.39 is 30.8 Å². The fourth-order valence-electron chi connectivity index (χ4n) is 2.44. The van der Waals surface area contributed by atoms with Crippen LogP contribution in [0.4, 0.5) is 8.78 Å². The number of nitrogens with one attached hydrogen (secondary N) is 2. The highest BCUT2D eigenvalue weighted by molar-refractivity contribution is 6.31. The van der Waals surface area contributed by atoms with Crippen LogP contribution in [0.2, 0.25) is 5.02 Å². The van der Waals surface area contributed by atoms with Crippen molar-refractivity contribution in [1.29, 1.82) is 0 Å². The molecule has 2 rings (SSSR count). The molecule has 1 aromatic carbocycles. The van der Waals surface area contributed by atoms with Crippen molar-refractivity contribution in [2.24, 2.45) is 0 Å². The molecular weight excluding hydrogens is 298 g/mol. The third kappa shape index (κ3) is 3.92. The van der Waals surface area contributed by atoms with Crippen LogP contribution in [0.1, 0.15) is 25.8 Å². The van der Waals surface area contributed by atoms with Crippen LogP contribution in [0.15, 0.2) is 24.3 Å². The van der Waals surface area contributed by atoms with Gasteiger partial charge in [0, 0.05) is 23.4 Å². The third-order valence-corrected chi connectivity index (χ3v) is 4.06. The van der Waals surface area contributed by atoms with E-state index in [1.165, 1.54) is 0 Å². The second-order valence-corrected chi connectivity index (χ2v) is 6.48. The molecule has 0 aromatic heterocycles. The number of hydrogen-bond donors (Lipinski definition) is 2. The zero-order chi connectivity index (χ0) is 15.7. The first-order valence-electron chi connectivity index (χ1n) is 6.85. The molecule has 1 unspecified atom stereocenters. The van der Waals surface area contributed by atoms with Crippen LogP contribution < -0.4 is 10.6 Å². The molecule has 2 N–H and O–H groups in total. The second-order valence-electron chi connectivity index (χ2n) is 6.08. The summed E-state index contributed by atoms with van der Waals surface area (Å²) in [6, 6.07) is 6.58. The van der Waals surface area contributed by atoms with Gasteiger partial charge in [-0.15, -0.1) is 0 Å². The quantitative estimate of drug-likeness (QED) is 0.897. The highest BCUT2D eigenvalue weighted by atomic mass is 35.5. The summed E-state index contributed by atoms with van der Waals surface area (Å²) in [7, 11) is 0. The monoisotopic (exact) mass is 316 g/mol. The summed E-state index contributed by atoms with van der Waals surface area (Å²) in [5.74, 6) is -3.20. The van der Waals surface area contributed by atoms with Crippen LogP contribution >= 0.6 is 11.6 Å². The summed E-state index contributed by atoms with van der Waals surface area (Å²) in [6.07, 6.45) is -0.453. The molecule has 1 fully saturated rings. The van der Waals surface area contributed by atoms with Crippen molar-refractivity contribution in [3.63, 3.8) is 0 Å². The normalized spacial score (nSPS) is 21.3. The predicted octanol–water partition coefficient (Wildman–Crippen LogP) is 2.73. The molecule has 0 saturated carbocycles. The molecule has 1 heterocycles. The number of halogens is 3. The Hall–Kier alpha value is -1.20. The number of amides is 1. The Balaban J connectivity index is 1.96. The lowest BCUT2D eigenvalue weighted by atomic mass is 9.84. The van der Waals surface area contributed by atoms with Crippen molar-refractivity contribution < 1.29 is 13.6 Å². The number of rotatable bonds is 4. The van der Waals surface area contributed by atoms with Crippen molar-refractivity contribution in [3.05, 3.63) is 34.9 Å². The molecule has 0 aliphatic carbocycles. The highest BCUT2D eigenvalue weighted by Gasteiger charge is 2.42. The van der Waals surface area contributed by atoms with E-state index in [0.29, 0.717) is 11.6 Å². The first kappa shape index (κ1) is 16.2. The predicted molar refractivity (Wildman–Crippen MR) is 78.8 cm³/mol. The molecule has 6 heteroatoms. The Morgan fingerprint density at radius 1 is 1.48 bits per heavy atom. The molecule has 1 aliphatic heterocycles. The van der Waals surface area contributed by atoms with E-state index in [1.54, 1.807) is 6.07 Å². The Kier molecular flexibility index (Phi) is 4.54. The average molecular weight is 317 g/mol. The van der Waals surface area contributed by atoms with Gasteiger partial charge in [-0.3, -0.25) is 10.1 Å². The largest absolute Gasteiger partial charge is 0.354 e. The maximum absolute atomic E-state index is 13.1. The molecule has 21 heavy (non-hydrogen) atoms. The van der Waals surface area contributed by atoms with Crippen molar-refractivity contribution in [2.75, 3.05) is 13.1 Å². The van der Waals surface area contributed by atoms with Gasteiger partial charge in [0.05, 0.1) is 12.6 Å². The zero-order valence-corrected chi connectivity index (χ0v) is 12.8.